The summed E-state index contributed by atoms with van der Waals surface area (Å²) >= 11 is 0. The SMILES string of the molecule is CC(C)(N)/N=C\N. The summed E-state index contributed by atoms with van der Waals surface area (Å²) in [5, 5.41) is 0. The van der Waals surface area contributed by atoms with E-state index in [4.69, 9.17) is 11.5 Å². The van der Waals surface area contributed by atoms with Gasteiger partial charge in [-0.3, -0.25) is 4.99 Å². The summed E-state index contributed by atoms with van der Waals surface area (Å²) in [5.74, 6) is 0. The molecule has 0 bridgehead atoms. The maximum Gasteiger partial charge on any atom is 0.104 e. The molecule has 0 aromatic rings. The zero-order chi connectivity index (χ0) is 5.91. The highest BCUT2D eigenvalue weighted by Crippen LogP contribution is 1.93. The van der Waals surface area contributed by atoms with Gasteiger partial charge in [-0.25, -0.2) is 0 Å². The average molecular weight is 101 g/mol. The van der Waals surface area contributed by atoms with Crippen LogP contribution in [0.15, 0.2) is 4.99 Å². The minimum atomic E-state index is -0.505. The van der Waals surface area contributed by atoms with Crippen molar-refractivity contribution >= 4 is 6.34 Å². The molecule has 0 unspecified atom stereocenters. The van der Waals surface area contributed by atoms with Crippen LogP contribution in [0.5, 0.6) is 0 Å². The fourth-order valence-corrected chi connectivity index (χ4v) is 0.192. The van der Waals surface area contributed by atoms with Crippen molar-refractivity contribution in [3.8, 4) is 0 Å². The van der Waals surface area contributed by atoms with Crippen molar-refractivity contribution in [2.75, 3.05) is 0 Å². The summed E-state index contributed by atoms with van der Waals surface area (Å²) < 4.78 is 0. The van der Waals surface area contributed by atoms with Gasteiger partial charge in [-0.2, -0.15) is 0 Å². The Balaban J connectivity index is 3.56. The smallest absolute Gasteiger partial charge is 0.104 e. The van der Waals surface area contributed by atoms with Gasteiger partial charge >= 0.3 is 0 Å². The average Bonchev–Trinajstić information content (AvgIpc) is 1.30. The number of nitrogens with two attached hydrogens (primary N) is 2. The summed E-state index contributed by atoms with van der Waals surface area (Å²) in [7, 11) is 0. The highest BCUT2D eigenvalue weighted by molar-refractivity contribution is 5.51. The lowest BCUT2D eigenvalue weighted by molar-refractivity contribution is 0.552. The van der Waals surface area contributed by atoms with E-state index in [2.05, 4.69) is 4.99 Å². The highest BCUT2D eigenvalue weighted by Gasteiger charge is 2.02. The van der Waals surface area contributed by atoms with Gasteiger partial charge in [-0.15, -0.1) is 0 Å². The minimum absolute atomic E-state index is 0.505. The second-order valence-corrected chi connectivity index (χ2v) is 1.93. The quantitative estimate of drug-likeness (QED) is 0.351. The van der Waals surface area contributed by atoms with Gasteiger partial charge in [0.25, 0.3) is 0 Å². The monoisotopic (exact) mass is 101 g/mol. The predicted molar refractivity (Wildman–Crippen MR) is 30.9 cm³/mol. The van der Waals surface area contributed by atoms with E-state index in [-0.39, 0.29) is 0 Å². The maximum atomic E-state index is 5.37. The Bertz CT molecular complexity index is 69.5. The van der Waals surface area contributed by atoms with Gasteiger partial charge in [0.2, 0.25) is 0 Å². The van der Waals surface area contributed by atoms with Crippen molar-refractivity contribution < 1.29 is 0 Å². The largest absolute Gasteiger partial charge is 0.390 e. The zero-order valence-electron chi connectivity index (χ0n) is 4.68. The Morgan fingerprint density at radius 2 is 2.00 bits per heavy atom. The number of nitrogens with zero attached hydrogens (tertiary/aromatic N) is 1. The molecule has 0 spiro atoms. The van der Waals surface area contributed by atoms with Crippen LogP contribution in [-0.2, 0) is 0 Å². The fraction of sp³-hybridized carbons (Fsp3) is 0.750. The maximum absolute atomic E-state index is 5.37. The Hall–Kier alpha value is -0.570. The van der Waals surface area contributed by atoms with Gasteiger partial charge in [-0.05, 0) is 13.8 Å². The van der Waals surface area contributed by atoms with E-state index in [1.807, 2.05) is 0 Å². The van der Waals surface area contributed by atoms with Crippen LogP contribution in [-0.4, -0.2) is 12.0 Å². The molecule has 0 fully saturated rings. The van der Waals surface area contributed by atoms with Gasteiger partial charge < -0.3 is 11.5 Å². The summed E-state index contributed by atoms with van der Waals surface area (Å²) in [5.41, 5.74) is 9.81. The second kappa shape index (κ2) is 1.93. The standard InChI is InChI=1S/C4H11N3/c1-4(2,6)7-3-5/h3H,6H2,1-2H3,(H2,5,7). The second-order valence-electron chi connectivity index (χ2n) is 1.93. The Morgan fingerprint density at radius 3 is 2.00 bits per heavy atom. The molecule has 4 N–H and O–H groups in total. The third-order valence-corrected chi connectivity index (χ3v) is 0.407. The van der Waals surface area contributed by atoms with Crippen LogP contribution in [0, 0.1) is 0 Å². The zero-order valence-corrected chi connectivity index (χ0v) is 4.68. The number of hydrogen-bond acceptors (Lipinski definition) is 2. The van der Waals surface area contributed by atoms with Crippen LogP contribution in [0.1, 0.15) is 13.8 Å². The van der Waals surface area contributed by atoms with Crippen molar-refractivity contribution in [2.45, 2.75) is 19.5 Å². The van der Waals surface area contributed by atoms with Crippen LogP contribution < -0.4 is 11.5 Å². The molecule has 0 aliphatic heterocycles. The first kappa shape index (κ1) is 6.43. The van der Waals surface area contributed by atoms with E-state index in [0.717, 1.165) is 0 Å². The van der Waals surface area contributed by atoms with Crippen LogP contribution in [0.4, 0.5) is 0 Å². The van der Waals surface area contributed by atoms with Crippen molar-refractivity contribution in [2.24, 2.45) is 16.5 Å². The number of aliphatic imine (C=N–C) groups is 1. The first-order valence-electron chi connectivity index (χ1n) is 2.10. The first-order valence-corrected chi connectivity index (χ1v) is 2.10. The van der Waals surface area contributed by atoms with Gasteiger partial charge in [0.15, 0.2) is 0 Å². The van der Waals surface area contributed by atoms with E-state index < -0.39 is 5.66 Å². The summed E-state index contributed by atoms with van der Waals surface area (Å²) in [6, 6.07) is 0. The molecule has 0 saturated carbocycles. The van der Waals surface area contributed by atoms with Gasteiger partial charge in [0.05, 0.1) is 6.34 Å². The van der Waals surface area contributed by atoms with Crippen LogP contribution in [0.25, 0.3) is 0 Å². The third kappa shape index (κ3) is 5.43. The van der Waals surface area contributed by atoms with Crippen LogP contribution in [0.3, 0.4) is 0 Å². The molecule has 0 aliphatic rings. The first-order chi connectivity index (χ1) is 3.06. The summed E-state index contributed by atoms with van der Waals surface area (Å²) in [6.45, 7) is 3.55. The lowest BCUT2D eigenvalue weighted by atomic mass is 10.3. The summed E-state index contributed by atoms with van der Waals surface area (Å²) in [4.78, 5) is 3.69. The van der Waals surface area contributed by atoms with E-state index in [0.29, 0.717) is 0 Å². The molecule has 42 valence electrons. The number of hydrogen-bond donors (Lipinski definition) is 2. The molecule has 0 heterocycles. The van der Waals surface area contributed by atoms with E-state index in [1.54, 1.807) is 13.8 Å². The van der Waals surface area contributed by atoms with Crippen LogP contribution >= 0.6 is 0 Å². The van der Waals surface area contributed by atoms with Gasteiger partial charge in [0, 0.05) is 0 Å². The van der Waals surface area contributed by atoms with Crippen molar-refractivity contribution in [3.05, 3.63) is 0 Å². The molecule has 0 atom stereocenters. The van der Waals surface area contributed by atoms with Crippen molar-refractivity contribution in [3.63, 3.8) is 0 Å². The molecule has 0 aliphatic carbocycles. The van der Waals surface area contributed by atoms with Gasteiger partial charge in [-0.1, -0.05) is 0 Å². The number of rotatable bonds is 1. The molecular formula is C4H11N3. The van der Waals surface area contributed by atoms with E-state index >= 15 is 0 Å². The van der Waals surface area contributed by atoms with Crippen molar-refractivity contribution in [1.82, 2.24) is 0 Å². The molecule has 0 rings (SSSR count). The topological polar surface area (TPSA) is 64.4 Å². The molecule has 0 amide bonds. The molecule has 0 radical (unpaired) electrons. The highest BCUT2D eigenvalue weighted by atomic mass is 15.0. The lowest BCUT2D eigenvalue weighted by Crippen LogP contribution is -2.29. The Labute approximate surface area is 43.4 Å². The summed E-state index contributed by atoms with van der Waals surface area (Å²) in [6.07, 6.45) is 1.21. The fourth-order valence-electron chi connectivity index (χ4n) is 0.192. The molecule has 7 heavy (non-hydrogen) atoms. The van der Waals surface area contributed by atoms with Crippen LogP contribution in [0.2, 0.25) is 0 Å². The normalized spacial score (nSPS) is 13.0. The van der Waals surface area contributed by atoms with E-state index in [1.165, 1.54) is 6.34 Å². The molecular weight excluding hydrogens is 90.1 g/mol. The minimum Gasteiger partial charge on any atom is -0.390 e. The molecule has 3 nitrogen and oxygen atoms in total. The van der Waals surface area contributed by atoms with Gasteiger partial charge in [0.1, 0.15) is 5.66 Å². The Morgan fingerprint density at radius 1 is 1.57 bits per heavy atom. The van der Waals surface area contributed by atoms with E-state index in [9.17, 15) is 0 Å². The predicted octanol–water partition coefficient (Wildman–Crippen LogP) is -0.332. The molecule has 3 heteroatoms. The van der Waals surface area contributed by atoms with Crippen molar-refractivity contribution in [1.29, 1.82) is 0 Å². The third-order valence-electron chi connectivity index (χ3n) is 0.407. The molecule has 0 aromatic heterocycles. The lowest BCUT2D eigenvalue weighted by Gasteiger charge is -2.09. The molecule has 0 aromatic carbocycles. The molecule has 0 saturated heterocycles. The Kier molecular flexibility index (Phi) is 1.77.